The molecule has 0 bridgehead atoms. The molecular formula is C16H21NO2S. The molecule has 0 aliphatic rings. The Morgan fingerprint density at radius 3 is 2.25 bits per heavy atom. The Bertz CT molecular complexity index is 682. The first-order valence-electron chi connectivity index (χ1n) is 6.95. The van der Waals surface area contributed by atoms with Crippen molar-refractivity contribution in [2.24, 2.45) is 0 Å². The van der Waals surface area contributed by atoms with Crippen LogP contribution in [0.2, 0.25) is 0 Å². The Morgan fingerprint density at radius 1 is 1.10 bits per heavy atom. The maximum atomic E-state index is 12.6. The Kier molecular flexibility index (Phi) is 4.33. The van der Waals surface area contributed by atoms with E-state index in [1.54, 1.807) is 25.3 Å². The van der Waals surface area contributed by atoms with E-state index in [1.807, 2.05) is 25.1 Å². The van der Waals surface area contributed by atoms with Gasteiger partial charge in [-0.3, -0.25) is 0 Å². The van der Waals surface area contributed by atoms with Crippen molar-refractivity contribution in [1.82, 2.24) is 3.97 Å². The van der Waals surface area contributed by atoms with Crippen molar-refractivity contribution in [2.75, 3.05) is 0 Å². The van der Waals surface area contributed by atoms with E-state index in [-0.39, 0.29) is 0 Å². The SMILES string of the molecule is CCCCc1ccc(S(=O)(=O)n2cc(C)cc2C)cc1. The predicted molar refractivity (Wildman–Crippen MR) is 81.5 cm³/mol. The fourth-order valence-corrected chi connectivity index (χ4v) is 3.74. The average molecular weight is 291 g/mol. The number of rotatable bonds is 5. The molecule has 1 aromatic carbocycles. The van der Waals surface area contributed by atoms with Crippen LogP contribution in [0, 0.1) is 13.8 Å². The van der Waals surface area contributed by atoms with Crippen LogP contribution < -0.4 is 0 Å². The topological polar surface area (TPSA) is 39.1 Å². The highest BCUT2D eigenvalue weighted by Crippen LogP contribution is 2.19. The second-order valence-electron chi connectivity index (χ2n) is 5.21. The van der Waals surface area contributed by atoms with E-state index in [2.05, 4.69) is 6.92 Å². The normalized spacial score (nSPS) is 11.8. The third kappa shape index (κ3) is 2.96. The average Bonchev–Trinajstić information content (AvgIpc) is 2.76. The molecule has 0 saturated heterocycles. The Morgan fingerprint density at radius 2 is 1.75 bits per heavy atom. The molecule has 2 rings (SSSR count). The summed E-state index contributed by atoms with van der Waals surface area (Å²) in [6.45, 7) is 5.85. The highest BCUT2D eigenvalue weighted by atomic mass is 32.2. The standard InChI is InChI=1S/C16H21NO2S/c1-4-5-6-15-7-9-16(10-8-15)20(18,19)17-12-13(2)11-14(17)3/h7-12H,4-6H2,1-3H3. The summed E-state index contributed by atoms with van der Waals surface area (Å²) in [4.78, 5) is 0.344. The number of aromatic nitrogens is 1. The van der Waals surface area contributed by atoms with Gasteiger partial charge in [-0.25, -0.2) is 12.4 Å². The molecule has 0 aliphatic heterocycles. The molecule has 2 aromatic rings. The lowest BCUT2D eigenvalue weighted by Crippen LogP contribution is -2.13. The van der Waals surface area contributed by atoms with Crippen LogP contribution in [0.3, 0.4) is 0 Å². The molecule has 0 saturated carbocycles. The van der Waals surface area contributed by atoms with Gasteiger partial charge in [0.15, 0.2) is 0 Å². The van der Waals surface area contributed by atoms with Crippen LogP contribution in [0.1, 0.15) is 36.6 Å². The maximum Gasteiger partial charge on any atom is 0.267 e. The van der Waals surface area contributed by atoms with Gasteiger partial charge in [-0.05, 0) is 56.0 Å². The number of hydrogen-bond donors (Lipinski definition) is 0. The lowest BCUT2D eigenvalue weighted by molar-refractivity contribution is 0.586. The summed E-state index contributed by atoms with van der Waals surface area (Å²) in [6.07, 6.45) is 4.93. The number of aryl methyl sites for hydroxylation is 3. The summed E-state index contributed by atoms with van der Waals surface area (Å²) in [7, 11) is -3.47. The van der Waals surface area contributed by atoms with Crippen molar-refractivity contribution in [3.63, 3.8) is 0 Å². The molecule has 0 amide bonds. The second kappa shape index (κ2) is 5.83. The highest BCUT2D eigenvalue weighted by molar-refractivity contribution is 7.90. The van der Waals surface area contributed by atoms with Crippen LogP contribution in [0.15, 0.2) is 41.4 Å². The quantitative estimate of drug-likeness (QED) is 0.843. The smallest absolute Gasteiger partial charge is 0.246 e. The van der Waals surface area contributed by atoms with Crippen LogP contribution in [-0.2, 0) is 16.4 Å². The summed E-state index contributed by atoms with van der Waals surface area (Å²) in [5.74, 6) is 0. The summed E-state index contributed by atoms with van der Waals surface area (Å²) in [5, 5.41) is 0. The van der Waals surface area contributed by atoms with E-state index >= 15 is 0 Å². The van der Waals surface area contributed by atoms with Crippen LogP contribution in [0.5, 0.6) is 0 Å². The molecule has 0 atom stereocenters. The summed E-state index contributed by atoms with van der Waals surface area (Å²) >= 11 is 0. The van der Waals surface area contributed by atoms with Crippen LogP contribution in [0.4, 0.5) is 0 Å². The molecule has 0 aliphatic carbocycles. The van der Waals surface area contributed by atoms with Gasteiger partial charge in [-0.1, -0.05) is 25.5 Å². The summed E-state index contributed by atoms with van der Waals surface area (Å²) in [5.41, 5.74) is 2.87. The fraction of sp³-hybridized carbons (Fsp3) is 0.375. The van der Waals surface area contributed by atoms with Gasteiger partial charge >= 0.3 is 0 Å². The molecule has 20 heavy (non-hydrogen) atoms. The van der Waals surface area contributed by atoms with Gasteiger partial charge in [-0.15, -0.1) is 0 Å². The monoisotopic (exact) mass is 291 g/mol. The third-order valence-corrected chi connectivity index (χ3v) is 5.18. The van der Waals surface area contributed by atoms with Crippen LogP contribution in [0.25, 0.3) is 0 Å². The molecule has 0 spiro atoms. The Balaban J connectivity index is 2.33. The zero-order valence-corrected chi connectivity index (χ0v) is 13.1. The van der Waals surface area contributed by atoms with Crippen molar-refractivity contribution in [1.29, 1.82) is 0 Å². The number of nitrogens with zero attached hydrogens (tertiary/aromatic N) is 1. The van der Waals surface area contributed by atoms with E-state index in [0.717, 1.165) is 30.5 Å². The largest absolute Gasteiger partial charge is 0.267 e. The van der Waals surface area contributed by atoms with Crippen molar-refractivity contribution >= 4 is 10.0 Å². The Labute approximate surface area is 121 Å². The minimum Gasteiger partial charge on any atom is -0.246 e. The highest BCUT2D eigenvalue weighted by Gasteiger charge is 2.18. The van der Waals surface area contributed by atoms with Crippen molar-refractivity contribution in [3.8, 4) is 0 Å². The third-order valence-electron chi connectivity index (χ3n) is 3.40. The first kappa shape index (κ1) is 14.9. The molecular weight excluding hydrogens is 270 g/mol. The Hall–Kier alpha value is -1.55. The van der Waals surface area contributed by atoms with Gasteiger partial charge in [0.2, 0.25) is 0 Å². The molecule has 1 heterocycles. The minimum atomic E-state index is -3.47. The zero-order chi connectivity index (χ0) is 14.8. The van der Waals surface area contributed by atoms with Gasteiger partial charge in [0.05, 0.1) is 4.90 Å². The number of benzene rings is 1. The molecule has 1 aromatic heterocycles. The fourth-order valence-electron chi connectivity index (χ4n) is 2.30. The summed E-state index contributed by atoms with van der Waals surface area (Å²) < 4.78 is 26.5. The molecule has 0 fully saturated rings. The van der Waals surface area contributed by atoms with Gasteiger partial charge < -0.3 is 0 Å². The number of unbranched alkanes of at least 4 members (excludes halogenated alkanes) is 1. The molecule has 4 heteroatoms. The molecule has 0 N–H and O–H groups in total. The van der Waals surface area contributed by atoms with Crippen molar-refractivity contribution < 1.29 is 8.42 Å². The van der Waals surface area contributed by atoms with E-state index in [4.69, 9.17) is 0 Å². The van der Waals surface area contributed by atoms with E-state index in [9.17, 15) is 8.42 Å². The summed E-state index contributed by atoms with van der Waals surface area (Å²) in [6, 6.07) is 9.10. The van der Waals surface area contributed by atoms with Gasteiger partial charge in [0.25, 0.3) is 10.0 Å². The number of hydrogen-bond acceptors (Lipinski definition) is 2. The van der Waals surface area contributed by atoms with Gasteiger partial charge in [0, 0.05) is 11.9 Å². The van der Waals surface area contributed by atoms with Crippen LogP contribution >= 0.6 is 0 Å². The van der Waals surface area contributed by atoms with Crippen molar-refractivity contribution in [3.05, 3.63) is 53.3 Å². The molecule has 3 nitrogen and oxygen atoms in total. The molecule has 108 valence electrons. The second-order valence-corrected chi connectivity index (χ2v) is 7.02. The van der Waals surface area contributed by atoms with E-state index in [0.29, 0.717) is 4.90 Å². The van der Waals surface area contributed by atoms with E-state index < -0.39 is 10.0 Å². The van der Waals surface area contributed by atoms with Crippen LogP contribution in [-0.4, -0.2) is 12.4 Å². The molecule has 0 radical (unpaired) electrons. The van der Waals surface area contributed by atoms with Gasteiger partial charge in [0.1, 0.15) is 0 Å². The maximum absolute atomic E-state index is 12.6. The minimum absolute atomic E-state index is 0.344. The lowest BCUT2D eigenvalue weighted by atomic mass is 10.1. The van der Waals surface area contributed by atoms with Crippen molar-refractivity contribution in [2.45, 2.75) is 44.9 Å². The first-order valence-corrected chi connectivity index (χ1v) is 8.39. The van der Waals surface area contributed by atoms with E-state index in [1.165, 1.54) is 9.54 Å². The molecule has 0 unspecified atom stereocenters. The lowest BCUT2D eigenvalue weighted by Gasteiger charge is -2.09. The zero-order valence-electron chi connectivity index (χ0n) is 12.3. The predicted octanol–water partition coefficient (Wildman–Crippen LogP) is 3.68. The first-order chi connectivity index (χ1) is 9.45. The van der Waals surface area contributed by atoms with Gasteiger partial charge in [-0.2, -0.15) is 0 Å².